The summed E-state index contributed by atoms with van der Waals surface area (Å²) in [5.74, 6) is 1.83. The molecular weight excluding hydrogens is 504 g/mol. The molecule has 4 N–H and O–H groups in total. The highest BCUT2D eigenvalue weighted by Crippen LogP contribution is 2.53. The Morgan fingerprint density at radius 3 is 1.76 bits per heavy atom. The number of hydrogen-bond donors (Lipinski definition) is 2. The second-order valence-electron chi connectivity index (χ2n) is 10.9. The van der Waals surface area contributed by atoms with Gasteiger partial charge in [0.2, 0.25) is 0 Å². The van der Waals surface area contributed by atoms with Crippen LogP contribution in [0.15, 0.2) is 90.2 Å². The molecule has 0 bridgehead atoms. The maximum absolute atomic E-state index is 6.67. The first kappa shape index (κ1) is 28.4. The summed E-state index contributed by atoms with van der Waals surface area (Å²) in [5.41, 5.74) is 22.6. The monoisotopic (exact) mass is 546 g/mol. The van der Waals surface area contributed by atoms with Gasteiger partial charge in [-0.15, -0.1) is 0 Å². The SMILES string of the molecule is CCCCCOc1ccc(C=C2C(N)=CC=C3c4ccc(N)cc4C(=Cc4ccc(OCCCCC)cc4)C23)cc1. The Morgan fingerprint density at radius 2 is 1.20 bits per heavy atom. The second-order valence-corrected chi connectivity index (χ2v) is 10.9. The van der Waals surface area contributed by atoms with Crippen molar-refractivity contribution in [3.05, 3.63) is 112 Å². The van der Waals surface area contributed by atoms with Gasteiger partial charge in [0.25, 0.3) is 0 Å². The summed E-state index contributed by atoms with van der Waals surface area (Å²) in [6, 6.07) is 22.9. The molecule has 0 heterocycles. The average molecular weight is 547 g/mol. The van der Waals surface area contributed by atoms with E-state index in [-0.39, 0.29) is 5.92 Å². The Bertz CT molecular complexity index is 1460. The van der Waals surface area contributed by atoms with Crippen LogP contribution in [0.4, 0.5) is 5.69 Å². The molecule has 3 aromatic rings. The lowest BCUT2D eigenvalue weighted by Crippen LogP contribution is -2.14. The molecule has 1 atom stereocenters. The molecule has 1 unspecified atom stereocenters. The second kappa shape index (κ2) is 13.5. The van der Waals surface area contributed by atoms with E-state index in [0.717, 1.165) is 71.2 Å². The van der Waals surface area contributed by atoms with Crippen molar-refractivity contribution in [1.29, 1.82) is 0 Å². The molecule has 4 nitrogen and oxygen atoms in total. The molecule has 2 aliphatic rings. The van der Waals surface area contributed by atoms with E-state index in [1.807, 2.05) is 24.3 Å². The van der Waals surface area contributed by atoms with Crippen LogP contribution in [0.1, 0.15) is 74.6 Å². The van der Waals surface area contributed by atoms with Crippen LogP contribution in [0.3, 0.4) is 0 Å². The minimum atomic E-state index is 0.0201. The van der Waals surface area contributed by atoms with Gasteiger partial charge in [0.15, 0.2) is 0 Å². The maximum Gasteiger partial charge on any atom is 0.119 e. The molecule has 0 aromatic heterocycles. The number of allylic oxidation sites excluding steroid dienone is 5. The molecule has 2 aliphatic carbocycles. The van der Waals surface area contributed by atoms with Crippen molar-refractivity contribution in [3.8, 4) is 11.5 Å². The van der Waals surface area contributed by atoms with Crippen LogP contribution < -0.4 is 20.9 Å². The molecule has 212 valence electrons. The predicted molar refractivity (Wildman–Crippen MR) is 173 cm³/mol. The molecule has 0 fully saturated rings. The van der Waals surface area contributed by atoms with Crippen molar-refractivity contribution in [3.63, 3.8) is 0 Å². The summed E-state index contributed by atoms with van der Waals surface area (Å²) in [6.45, 7) is 5.91. The Balaban J connectivity index is 1.45. The number of nitrogens with two attached hydrogens (primary N) is 2. The zero-order valence-corrected chi connectivity index (χ0v) is 24.4. The number of ether oxygens (including phenoxy) is 2. The minimum Gasteiger partial charge on any atom is -0.494 e. The Kier molecular flexibility index (Phi) is 9.30. The van der Waals surface area contributed by atoms with Crippen LogP contribution in [0.2, 0.25) is 0 Å². The zero-order chi connectivity index (χ0) is 28.6. The van der Waals surface area contributed by atoms with Gasteiger partial charge < -0.3 is 20.9 Å². The normalized spacial score (nSPS) is 17.7. The Morgan fingerprint density at radius 1 is 0.634 bits per heavy atom. The summed E-state index contributed by atoms with van der Waals surface area (Å²) in [5, 5.41) is 0. The van der Waals surface area contributed by atoms with Crippen molar-refractivity contribution in [2.75, 3.05) is 18.9 Å². The van der Waals surface area contributed by atoms with Gasteiger partial charge in [-0.05, 0) is 100 Å². The number of rotatable bonds is 12. The molecule has 0 aliphatic heterocycles. The molecule has 4 heteroatoms. The highest BCUT2D eigenvalue weighted by atomic mass is 16.5. The first-order chi connectivity index (χ1) is 20.1. The molecule has 0 spiro atoms. The summed E-state index contributed by atoms with van der Waals surface area (Å²) < 4.78 is 11.9. The van der Waals surface area contributed by atoms with Crippen molar-refractivity contribution in [1.82, 2.24) is 0 Å². The molecule has 3 aromatic carbocycles. The molecule has 5 rings (SSSR count). The Hall–Kier alpha value is -4.18. The van der Waals surface area contributed by atoms with Crippen molar-refractivity contribution >= 4 is 29.0 Å². The van der Waals surface area contributed by atoms with Crippen molar-refractivity contribution in [2.24, 2.45) is 11.7 Å². The van der Waals surface area contributed by atoms with Gasteiger partial charge >= 0.3 is 0 Å². The molecule has 41 heavy (non-hydrogen) atoms. The number of anilines is 1. The van der Waals surface area contributed by atoms with E-state index in [4.69, 9.17) is 20.9 Å². The van der Waals surface area contributed by atoms with E-state index in [0.29, 0.717) is 0 Å². The number of hydrogen-bond acceptors (Lipinski definition) is 4. The topological polar surface area (TPSA) is 70.5 Å². The standard InChI is InChI=1S/C37H42N2O2/c1-3-5-7-21-40-29-14-9-26(10-15-29)23-34-33-25-28(38)13-18-31(33)32-19-20-36(39)35(37(32)34)24-27-11-16-30(17-12-27)41-22-8-6-4-2/h9-20,23-25,37H,3-8,21-22,38-39H2,1-2H3. The van der Waals surface area contributed by atoms with Crippen LogP contribution in [-0.2, 0) is 0 Å². The van der Waals surface area contributed by atoms with Crippen molar-refractivity contribution < 1.29 is 9.47 Å². The third-order valence-electron chi connectivity index (χ3n) is 7.81. The van der Waals surface area contributed by atoms with Gasteiger partial charge in [-0.1, -0.05) is 82.0 Å². The average Bonchev–Trinajstić information content (AvgIpc) is 3.29. The molecule has 0 amide bonds. The van der Waals surface area contributed by atoms with Crippen LogP contribution in [0, 0.1) is 5.92 Å². The van der Waals surface area contributed by atoms with Gasteiger partial charge in [0, 0.05) is 17.3 Å². The maximum atomic E-state index is 6.67. The highest BCUT2D eigenvalue weighted by molar-refractivity contribution is 6.05. The molecular formula is C37H42N2O2. The lowest BCUT2D eigenvalue weighted by atomic mass is 9.81. The van der Waals surface area contributed by atoms with E-state index in [9.17, 15) is 0 Å². The smallest absolute Gasteiger partial charge is 0.119 e. The third kappa shape index (κ3) is 6.77. The van der Waals surface area contributed by atoms with Crippen molar-refractivity contribution in [2.45, 2.75) is 52.4 Å². The van der Waals surface area contributed by atoms with Crippen LogP contribution in [-0.4, -0.2) is 13.2 Å². The number of unbranched alkanes of at least 4 members (excludes halogenated alkanes) is 4. The fraction of sp³-hybridized carbons (Fsp3) is 0.297. The lowest BCUT2D eigenvalue weighted by Gasteiger charge is -2.23. The van der Waals surface area contributed by atoms with Crippen LogP contribution in [0.5, 0.6) is 11.5 Å². The minimum absolute atomic E-state index is 0.0201. The zero-order valence-electron chi connectivity index (χ0n) is 24.4. The van der Waals surface area contributed by atoms with Crippen LogP contribution in [0.25, 0.3) is 23.3 Å². The van der Waals surface area contributed by atoms with E-state index < -0.39 is 0 Å². The molecule has 0 radical (unpaired) electrons. The highest BCUT2D eigenvalue weighted by Gasteiger charge is 2.36. The molecule has 0 saturated heterocycles. The quantitative estimate of drug-likeness (QED) is 0.176. The van der Waals surface area contributed by atoms with Gasteiger partial charge in [-0.25, -0.2) is 0 Å². The van der Waals surface area contributed by atoms with E-state index >= 15 is 0 Å². The first-order valence-electron chi connectivity index (χ1n) is 15.0. The Labute approximate surface area is 245 Å². The lowest BCUT2D eigenvalue weighted by molar-refractivity contribution is 0.306. The number of benzene rings is 3. The van der Waals surface area contributed by atoms with Gasteiger partial charge in [-0.2, -0.15) is 0 Å². The van der Waals surface area contributed by atoms with Gasteiger partial charge in [0.05, 0.1) is 13.2 Å². The largest absolute Gasteiger partial charge is 0.494 e. The summed E-state index contributed by atoms with van der Waals surface area (Å²) in [7, 11) is 0. The summed E-state index contributed by atoms with van der Waals surface area (Å²) in [4.78, 5) is 0. The van der Waals surface area contributed by atoms with Gasteiger partial charge in [0.1, 0.15) is 11.5 Å². The van der Waals surface area contributed by atoms with E-state index in [1.54, 1.807) is 0 Å². The third-order valence-corrected chi connectivity index (χ3v) is 7.81. The van der Waals surface area contributed by atoms with Crippen LogP contribution >= 0.6 is 0 Å². The molecule has 0 saturated carbocycles. The fourth-order valence-electron chi connectivity index (χ4n) is 5.59. The summed E-state index contributed by atoms with van der Waals surface area (Å²) in [6.07, 6.45) is 15.6. The summed E-state index contributed by atoms with van der Waals surface area (Å²) >= 11 is 0. The number of fused-ring (bicyclic) bond motifs is 3. The van der Waals surface area contributed by atoms with E-state index in [1.165, 1.54) is 42.4 Å². The van der Waals surface area contributed by atoms with Gasteiger partial charge in [-0.3, -0.25) is 0 Å². The first-order valence-corrected chi connectivity index (χ1v) is 15.0. The van der Waals surface area contributed by atoms with E-state index in [2.05, 4.69) is 80.6 Å². The fourth-order valence-corrected chi connectivity index (χ4v) is 5.59. The predicted octanol–water partition coefficient (Wildman–Crippen LogP) is 8.90. The number of nitrogen functional groups attached to an aromatic ring is 1.